The van der Waals surface area contributed by atoms with Gasteiger partial charge in [0, 0.05) is 0 Å². The van der Waals surface area contributed by atoms with Crippen LogP contribution in [-0.4, -0.2) is 19.9 Å². The summed E-state index contributed by atoms with van der Waals surface area (Å²) in [6, 6.07) is 0. The van der Waals surface area contributed by atoms with Gasteiger partial charge in [-0.25, -0.2) is 0 Å². The van der Waals surface area contributed by atoms with Gasteiger partial charge >= 0.3 is 17.1 Å². The Morgan fingerprint density at radius 1 is 0.778 bits per heavy atom. The molecule has 0 heterocycles. The molecule has 12 heteroatoms. The van der Waals surface area contributed by atoms with E-state index in [1.165, 1.54) is 0 Å². The second-order valence-corrected chi connectivity index (χ2v) is 2.99. The lowest BCUT2D eigenvalue weighted by molar-refractivity contribution is -0.401. The maximum Gasteiger partial charge on any atom is 0.347 e. The summed E-state index contributed by atoms with van der Waals surface area (Å²) in [5.41, 5.74) is 4.27. The second-order valence-electron chi connectivity index (χ2n) is 2.99. The highest BCUT2D eigenvalue weighted by Crippen LogP contribution is 2.50. The number of phenols is 1. The standard InChI is InChI=1S/C6H5N5O7/c7-1-3(9(13)14)2(8)5(11(17)18)6(12)4(1)10(15)16/h12H,7-8H2. The number of nitrogens with zero attached hydrogens (tertiary/aromatic N) is 3. The highest BCUT2D eigenvalue weighted by atomic mass is 16.6. The van der Waals surface area contributed by atoms with Crippen molar-refractivity contribution in [3.05, 3.63) is 30.3 Å². The molecular formula is C6H5N5O7. The lowest BCUT2D eigenvalue weighted by Gasteiger charge is -2.05. The summed E-state index contributed by atoms with van der Waals surface area (Å²) in [5.74, 6) is -1.43. The van der Waals surface area contributed by atoms with Crippen molar-refractivity contribution in [2.24, 2.45) is 0 Å². The van der Waals surface area contributed by atoms with Crippen LogP contribution in [0.5, 0.6) is 5.75 Å². The van der Waals surface area contributed by atoms with Gasteiger partial charge in [-0.05, 0) is 0 Å². The van der Waals surface area contributed by atoms with Crippen LogP contribution in [0, 0.1) is 30.3 Å². The summed E-state index contributed by atoms with van der Waals surface area (Å²) in [4.78, 5) is 28.0. The third kappa shape index (κ3) is 1.66. The summed E-state index contributed by atoms with van der Waals surface area (Å²) in [6.45, 7) is 0. The molecule has 0 amide bonds. The molecule has 1 aromatic rings. The zero-order valence-corrected chi connectivity index (χ0v) is 8.39. The Balaban J connectivity index is 3.94. The van der Waals surface area contributed by atoms with E-state index in [0.29, 0.717) is 0 Å². The van der Waals surface area contributed by atoms with Gasteiger partial charge in [0.2, 0.25) is 0 Å². The fraction of sp³-hybridized carbons (Fsp3) is 0. The smallest absolute Gasteiger partial charge is 0.347 e. The van der Waals surface area contributed by atoms with E-state index in [4.69, 9.17) is 11.5 Å². The van der Waals surface area contributed by atoms with Crippen LogP contribution >= 0.6 is 0 Å². The molecule has 0 fully saturated rings. The molecule has 12 nitrogen and oxygen atoms in total. The molecule has 0 unspecified atom stereocenters. The molecule has 0 radical (unpaired) electrons. The Morgan fingerprint density at radius 3 is 1.28 bits per heavy atom. The first-order chi connectivity index (χ1) is 8.20. The fourth-order valence-electron chi connectivity index (χ4n) is 1.30. The van der Waals surface area contributed by atoms with Crippen LogP contribution in [0.3, 0.4) is 0 Å². The van der Waals surface area contributed by atoms with Crippen molar-refractivity contribution in [2.75, 3.05) is 11.5 Å². The molecule has 0 aliphatic rings. The van der Waals surface area contributed by atoms with Crippen LogP contribution < -0.4 is 11.5 Å². The van der Waals surface area contributed by atoms with E-state index in [2.05, 4.69) is 0 Å². The summed E-state index contributed by atoms with van der Waals surface area (Å²) in [6.07, 6.45) is 0. The lowest BCUT2D eigenvalue weighted by Crippen LogP contribution is -2.07. The molecule has 18 heavy (non-hydrogen) atoms. The van der Waals surface area contributed by atoms with Gasteiger partial charge in [0.25, 0.3) is 5.75 Å². The van der Waals surface area contributed by atoms with Crippen LogP contribution in [-0.2, 0) is 0 Å². The number of anilines is 2. The minimum absolute atomic E-state index is 1.05. The second kappa shape index (κ2) is 4.00. The number of nitrogen functional groups attached to an aromatic ring is 2. The highest BCUT2D eigenvalue weighted by molar-refractivity contribution is 5.92. The molecule has 1 rings (SSSR count). The third-order valence-corrected chi connectivity index (χ3v) is 2.02. The van der Waals surface area contributed by atoms with Gasteiger partial charge in [0.15, 0.2) is 11.4 Å². The number of benzene rings is 1. The van der Waals surface area contributed by atoms with Crippen molar-refractivity contribution in [1.82, 2.24) is 0 Å². The molecule has 0 aromatic heterocycles. The summed E-state index contributed by atoms with van der Waals surface area (Å²) in [5, 5.41) is 41.1. The topological polar surface area (TPSA) is 202 Å². The number of hydrogen-bond donors (Lipinski definition) is 3. The molecule has 0 atom stereocenters. The zero-order valence-electron chi connectivity index (χ0n) is 8.39. The Kier molecular flexibility index (Phi) is 2.87. The number of aromatic hydroxyl groups is 1. The van der Waals surface area contributed by atoms with Gasteiger partial charge in [-0.15, -0.1) is 0 Å². The number of rotatable bonds is 3. The first-order valence-electron chi connectivity index (χ1n) is 4.07. The number of nitrogens with two attached hydrogens (primary N) is 2. The molecule has 1 aromatic carbocycles. The molecule has 96 valence electrons. The molecule has 5 N–H and O–H groups in total. The minimum atomic E-state index is -1.43. The molecule has 0 saturated heterocycles. The van der Waals surface area contributed by atoms with Crippen LogP contribution in [0.1, 0.15) is 0 Å². The molecule has 0 spiro atoms. The first kappa shape index (κ1) is 12.9. The van der Waals surface area contributed by atoms with Crippen molar-refractivity contribution < 1.29 is 19.9 Å². The van der Waals surface area contributed by atoms with Crippen molar-refractivity contribution in [3.8, 4) is 5.75 Å². The summed E-state index contributed by atoms with van der Waals surface area (Å²) >= 11 is 0. The summed E-state index contributed by atoms with van der Waals surface area (Å²) < 4.78 is 0. The van der Waals surface area contributed by atoms with Gasteiger partial charge in [-0.3, -0.25) is 30.3 Å². The van der Waals surface area contributed by atoms with Gasteiger partial charge in [-0.2, -0.15) is 0 Å². The van der Waals surface area contributed by atoms with Crippen LogP contribution in [0.2, 0.25) is 0 Å². The maximum atomic E-state index is 10.6. The largest absolute Gasteiger partial charge is 0.497 e. The molecule has 0 aliphatic heterocycles. The molecule has 0 aliphatic carbocycles. The lowest BCUT2D eigenvalue weighted by atomic mass is 10.1. The van der Waals surface area contributed by atoms with Gasteiger partial charge < -0.3 is 16.6 Å². The van der Waals surface area contributed by atoms with Crippen LogP contribution in [0.4, 0.5) is 28.4 Å². The Labute approximate surface area is 96.9 Å². The maximum absolute atomic E-state index is 10.6. The van der Waals surface area contributed by atoms with Gasteiger partial charge in [0.1, 0.15) is 0 Å². The zero-order chi connectivity index (χ0) is 14.2. The van der Waals surface area contributed by atoms with Crippen LogP contribution in [0.15, 0.2) is 0 Å². The molecular weight excluding hydrogens is 254 g/mol. The van der Waals surface area contributed by atoms with Crippen LogP contribution in [0.25, 0.3) is 0 Å². The fourth-order valence-corrected chi connectivity index (χ4v) is 1.30. The number of nitro benzene ring substituents is 3. The average Bonchev–Trinajstić information content (AvgIpc) is 2.14. The van der Waals surface area contributed by atoms with E-state index in [1.54, 1.807) is 0 Å². The van der Waals surface area contributed by atoms with Crippen molar-refractivity contribution >= 4 is 28.4 Å². The summed E-state index contributed by atoms with van der Waals surface area (Å²) in [7, 11) is 0. The third-order valence-electron chi connectivity index (χ3n) is 2.02. The SMILES string of the molecule is Nc1c([N+](=O)[O-])c(N)c([N+](=O)[O-])c(O)c1[N+](=O)[O-]. The number of hydrogen-bond acceptors (Lipinski definition) is 9. The average molecular weight is 259 g/mol. The highest BCUT2D eigenvalue weighted by Gasteiger charge is 2.40. The quantitative estimate of drug-likeness (QED) is 0.386. The monoisotopic (exact) mass is 259 g/mol. The van der Waals surface area contributed by atoms with E-state index in [0.717, 1.165) is 0 Å². The van der Waals surface area contributed by atoms with Crippen molar-refractivity contribution in [3.63, 3.8) is 0 Å². The van der Waals surface area contributed by atoms with Gasteiger partial charge in [-0.1, -0.05) is 0 Å². The predicted octanol–water partition coefficient (Wildman–Crippen LogP) is 0.281. The van der Waals surface area contributed by atoms with E-state index in [-0.39, 0.29) is 0 Å². The Hall–Kier alpha value is -3.18. The Morgan fingerprint density at radius 2 is 1.06 bits per heavy atom. The van der Waals surface area contributed by atoms with E-state index < -0.39 is 49.0 Å². The predicted molar refractivity (Wildman–Crippen MR) is 56.9 cm³/mol. The van der Waals surface area contributed by atoms with Gasteiger partial charge in [0.05, 0.1) is 14.8 Å². The normalized spacial score (nSPS) is 10.0. The first-order valence-corrected chi connectivity index (χ1v) is 4.07. The molecule has 0 bridgehead atoms. The molecule has 0 saturated carbocycles. The minimum Gasteiger partial charge on any atom is -0.497 e. The van der Waals surface area contributed by atoms with E-state index >= 15 is 0 Å². The number of phenolic OH excluding ortho intramolecular Hbond substituents is 1. The van der Waals surface area contributed by atoms with Crippen molar-refractivity contribution in [1.29, 1.82) is 0 Å². The Bertz CT molecular complexity index is 480. The van der Waals surface area contributed by atoms with E-state index in [1.807, 2.05) is 0 Å². The van der Waals surface area contributed by atoms with E-state index in [9.17, 15) is 35.4 Å². The van der Waals surface area contributed by atoms with Crippen molar-refractivity contribution in [2.45, 2.75) is 0 Å². The number of nitro groups is 3.